The lowest BCUT2D eigenvalue weighted by Gasteiger charge is -2.16. The highest BCUT2D eigenvalue weighted by molar-refractivity contribution is 5.91. The van der Waals surface area contributed by atoms with Crippen LogP contribution in [0.4, 0.5) is 26.3 Å². The molecule has 0 saturated carbocycles. The van der Waals surface area contributed by atoms with E-state index in [-0.39, 0.29) is 0 Å². The molecule has 0 aliphatic rings. The van der Waals surface area contributed by atoms with Gasteiger partial charge in [-0.15, -0.1) is 13.2 Å². The standard InChI is InChI=1S/C9H5F6NO4/c1-19-7(18)3-2-16-6(17)5(20-9(13,14)15)4(3)8(10,11)12/h2H,1H3,(H,16,17). The molecule has 0 bridgehead atoms. The van der Waals surface area contributed by atoms with Crippen molar-refractivity contribution >= 4 is 5.97 Å². The van der Waals surface area contributed by atoms with Gasteiger partial charge in [0, 0.05) is 6.20 Å². The molecule has 5 nitrogen and oxygen atoms in total. The summed E-state index contributed by atoms with van der Waals surface area (Å²) in [7, 11) is 0.720. The first-order chi connectivity index (χ1) is 8.97. The van der Waals surface area contributed by atoms with E-state index in [1.807, 2.05) is 0 Å². The topological polar surface area (TPSA) is 68.4 Å². The van der Waals surface area contributed by atoms with Gasteiger partial charge in [0.2, 0.25) is 5.75 Å². The molecule has 1 rings (SSSR count). The largest absolute Gasteiger partial charge is 0.573 e. The zero-order valence-corrected chi connectivity index (χ0v) is 9.48. The fraction of sp³-hybridized carbons (Fsp3) is 0.333. The summed E-state index contributed by atoms with van der Waals surface area (Å²) in [6, 6.07) is 0. The summed E-state index contributed by atoms with van der Waals surface area (Å²) in [6.07, 6.45) is -10.7. The molecule has 0 fully saturated rings. The van der Waals surface area contributed by atoms with E-state index in [0.717, 1.165) is 7.11 Å². The quantitative estimate of drug-likeness (QED) is 0.671. The molecule has 1 N–H and O–H groups in total. The number of hydrogen-bond donors (Lipinski definition) is 1. The molecule has 0 amide bonds. The number of aromatic nitrogens is 1. The Kier molecular flexibility index (Phi) is 4.01. The number of carbonyl (C=O) groups is 1. The molecule has 112 valence electrons. The number of pyridine rings is 1. The van der Waals surface area contributed by atoms with E-state index in [9.17, 15) is 35.9 Å². The van der Waals surface area contributed by atoms with Crippen molar-refractivity contribution in [3.05, 3.63) is 27.7 Å². The Morgan fingerprint density at radius 3 is 2.15 bits per heavy atom. The predicted octanol–water partition coefficient (Wildman–Crippen LogP) is 2.08. The molecule has 0 spiro atoms. The Morgan fingerprint density at radius 1 is 1.20 bits per heavy atom. The number of aromatic amines is 1. The number of esters is 1. The van der Waals surface area contributed by atoms with Crippen LogP contribution in [0.2, 0.25) is 0 Å². The average molecular weight is 305 g/mol. The van der Waals surface area contributed by atoms with Crippen molar-refractivity contribution in [3.63, 3.8) is 0 Å². The molecular weight excluding hydrogens is 300 g/mol. The van der Waals surface area contributed by atoms with E-state index in [1.165, 1.54) is 4.98 Å². The third kappa shape index (κ3) is 3.42. The van der Waals surface area contributed by atoms with E-state index in [2.05, 4.69) is 9.47 Å². The van der Waals surface area contributed by atoms with Crippen molar-refractivity contribution in [3.8, 4) is 5.75 Å². The number of carbonyl (C=O) groups excluding carboxylic acids is 1. The summed E-state index contributed by atoms with van der Waals surface area (Å²) >= 11 is 0. The molecule has 0 aliphatic heterocycles. The number of methoxy groups -OCH3 is 1. The number of nitrogens with one attached hydrogen (secondary N) is 1. The van der Waals surface area contributed by atoms with E-state index >= 15 is 0 Å². The lowest BCUT2D eigenvalue weighted by Crippen LogP contribution is -2.28. The summed E-state index contributed by atoms with van der Waals surface area (Å²) in [4.78, 5) is 23.8. The monoisotopic (exact) mass is 305 g/mol. The van der Waals surface area contributed by atoms with Crippen LogP contribution in [0.5, 0.6) is 5.75 Å². The fourth-order valence-corrected chi connectivity index (χ4v) is 1.28. The van der Waals surface area contributed by atoms with Gasteiger partial charge in [0.25, 0.3) is 5.56 Å². The van der Waals surface area contributed by atoms with Gasteiger partial charge in [-0.05, 0) is 0 Å². The number of rotatable bonds is 2. The highest BCUT2D eigenvalue weighted by atomic mass is 19.4. The van der Waals surface area contributed by atoms with Crippen molar-refractivity contribution in [2.75, 3.05) is 7.11 Å². The summed E-state index contributed by atoms with van der Waals surface area (Å²) in [5.41, 5.74) is -5.26. The highest BCUT2D eigenvalue weighted by Gasteiger charge is 2.44. The predicted molar refractivity (Wildman–Crippen MR) is 50.1 cm³/mol. The van der Waals surface area contributed by atoms with Gasteiger partial charge in [0.15, 0.2) is 0 Å². The number of hydrogen-bond acceptors (Lipinski definition) is 4. The van der Waals surface area contributed by atoms with Gasteiger partial charge in [-0.25, -0.2) is 4.79 Å². The van der Waals surface area contributed by atoms with Crippen LogP contribution in [0, 0.1) is 0 Å². The minimum Gasteiger partial charge on any atom is -0.465 e. The summed E-state index contributed by atoms with van der Waals surface area (Å²) in [6.45, 7) is 0. The second kappa shape index (κ2) is 5.06. The first-order valence-electron chi connectivity index (χ1n) is 4.64. The lowest BCUT2D eigenvalue weighted by molar-refractivity contribution is -0.276. The minimum atomic E-state index is -5.54. The van der Waals surface area contributed by atoms with Crippen molar-refractivity contribution < 1.29 is 40.6 Å². The average Bonchev–Trinajstić information content (AvgIpc) is 2.27. The van der Waals surface area contributed by atoms with Crippen LogP contribution in [-0.4, -0.2) is 24.4 Å². The van der Waals surface area contributed by atoms with Gasteiger partial charge in [0.1, 0.15) is 5.56 Å². The van der Waals surface area contributed by atoms with E-state index in [0.29, 0.717) is 6.20 Å². The molecule has 1 aromatic heterocycles. The first-order valence-corrected chi connectivity index (χ1v) is 4.64. The van der Waals surface area contributed by atoms with Crippen LogP contribution in [0.3, 0.4) is 0 Å². The maximum absolute atomic E-state index is 12.8. The number of halogens is 6. The second-order valence-electron chi connectivity index (χ2n) is 3.27. The van der Waals surface area contributed by atoms with Crippen molar-refractivity contribution in [2.24, 2.45) is 0 Å². The molecule has 0 unspecified atom stereocenters. The van der Waals surface area contributed by atoms with Crippen molar-refractivity contribution in [1.29, 1.82) is 0 Å². The van der Waals surface area contributed by atoms with E-state index < -0.39 is 40.9 Å². The van der Waals surface area contributed by atoms with Crippen LogP contribution in [0.15, 0.2) is 11.0 Å². The van der Waals surface area contributed by atoms with Gasteiger partial charge in [-0.2, -0.15) is 13.2 Å². The maximum Gasteiger partial charge on any atom is 0.573 e. The minimum absolute atomic E-state index is 0.292. The Bertz CT molecular complexity index is 573. The van der Waals surface area contributed by atoms with Gasteiger partial charge >= 0.3 is 18.5 Å². The molecule has 1 aromatic rings. The number of alkyl halides is 6. The van der Waals surface area contributed by atoms with Gasteiger partial charge in [-0.3, -0.25) is 4.79 Å². The number of ether oxygens (including phenoxy) is 2. The van der Waals surface area contributed by atoms with Gasteiger partial charge < -0.3 is 14.5 Å². The Morgan fingerprint density at radius 2 is 1.75 bits per heavy atom. The first kappa shape index (κ1) is 15.9. The third-order valence-corrected chi connectivity index (χ3v) is 1.96. The Balaban J connectivity index is 3.64. The molecular formula is C9H5F6NO4. The van der Waals surface area contributed by atoms with Crippen LogP contribution in [0.25, 0.3) is 0 Å². The van der Waals surface area contributed by atoms with Crippen molar-refractivity contribution in [1.82, 2.24) is 4.98 Å². The van der Waals surface area contributed by atoms with E-state index in [4.69, 9.17) is 0 Å². The molecule has 0 radical (unpaired) electrons. The third-order valence-electron chi connectivity index (χ3n) is 1.96. The Labute approximate surface area is 106 Å². The second-order valence-corrected chi connectivity index (χ2v) is 3.27. The van der Waals surface area contributed by atoms with E-state index in [1.54, 1.807) is 0 Å². The maximum atomic E-state index is 12.8. The van der Waals surface area contributed by atoms with Crippen LogP contribution in [0.1, 0.15) is 15.9 Å². The molecule has 20 heavy (non-hydrogen) atoms. The van der Waals surface area contributed by atoms with Gasteiger partial charge in [-0.1, -0.05) is 0 Å². The number of H-pyrrole nitrogens is 1. The molecule has 0 atom stereocenters. The van der Waals surface area contributed by atoms with Crippen LogP contribution < -0.4 is 10.3 Å². The SMILES string of the molecule is COC(=O)c1c[nH]c(=O)c(OC(F)(F)F)c1C(F)(F)F. The molecule has 11 heteroatoms. The van der Waals surface area contributed by atoms with Crippen LogP contribution >= 0.6 is 0 Å². The molecule has 0 saturated heterocycles. The van der Waals surface area contributed by atoms with Crippen LogP contribution in [-0.2, 0) is 10.9 Å². The zero-order chi connectivity index (χ0) is 15.7. The Hall–Kier alpha value is -2.20. The summed E-state index contributed by atoms with van der Waals surface area (Å²) < 4.78 is 81.4. The zero-order valence-electron chi connectivity index (χ0n) is 9.48. The molecule has 0 aliphatic carbocycles. The molecule has 1 heterocycles. The highest BCUT2D eigenvalue weighted by Crippen LogP contribution is 2.38. The summed E-state index contributed by atoms with van der Waals surface area (Å²) in [5.74, 6) is -3.66. The lowest BCUT2D eigenvalue weighted by atomic mass is 10.1. The smallest absolute Gasteiger partial charge is 0.465 e. The van der Waals surface area contributed by atoms with Gasteiger partial charge in [0.05, 0.1) is 12.7 Å². The summed E-state index contributed by atoms with van der Waals surface area (Å²) in [5, 5.41) is 0. The normalized spacial score (nSPS) is 12.2. The van der Waals surface area contributed by atoms with Crippen molar-refractivity contribution in [2.45, 2.75) is 12.5 Å². The fourth-order valence-electron chi connectivity index (χ4n) is 1.28. The molecule has 0 aromatic carbocycles.